The molecule has 0 unspecified atom stereocenters. The molecule has 1 aliphatic carbocycles. The van der Waals surface area contributed by atoms with Crippen molar-refractivity contribution < 1.29 is 9.90 Å². The molecule has 0 saturated heterocycles. The molecule has 0 amide bonds. The fourth-order valence-corrected chi connectivity index (χ4v) is 2.25. The van der Waals surface area contributed by atoms with E-state index in [2.05, 4.69) is 15.1 Å². The van der Waals surface area contributed by atoms with Crippen LogP contribution >= 0.6 is 0 Å². The number of hydrogen-bond donors (Lipinski definition) is 1. The Kier molecular flexibility index (Phi) is 2.55. The van der Waals surface area contributed by atoms with Crippen molar-refractivity contribution in [3.05, 3.63) is 35.5 Å². The van der Waals surface area contributed by atoms with Gasteiger partial charge in [0.2, 0.25) is 0 Å². The Bertz CT molecular complexity index is 606. The van der Waals surface area contributed by atoms with Gasteiger partial charge in [0.25, 0.3) is 0 Å². The van der Waals surface area contributed by atoms with Gasteiger partial charge in [0.1, 0.15) is 6.33 Å². The average molecular weight is 244 g/mol. The van der Waals surface area contributed by atoms with Gasteiger partial charge in [-0.05, 0) is 25.7 Å². The van der Waals surface area contributed by atoms with Gasteiger partial charge in [-0.25, -0.2) is 19.4 Å². The van der Waals surface area contributed by atoms with Gasteiger partial charge in [-0.3, -0.25) is 0 Å². The van der Waals surface area contributed by atoms with Crippen molar-refractivity contribution in [3.8, 4) is 5.82 Å². The van der Waals surface area contributed by atoms with Crippen molar-refractivity contribution in [2.75, 3.05) is 0 Å². The zero-order chi connectivity index (χ0) is 12.5. The van der Waals surface area contributed by atoms with Gasteiger partial charge in [-0.2, -0.15) is 5.10 Å². The second-order valence-electron chi connectivity index (χ2n) is 4.31. The smallest absolute Gasteiger partial charge is 0.338 e. The molecule has 3 rings (SSSR count). The van der Waals surface area contributed by atoms with Crippen molar-refractivity contribution in [2.24, 2.45) is 0 Å². The Morgan fingerprint density at radius 3 is 2.89 bits per heavy atom. The Morgan fingerprint density at radius 1 is 1.28 bits per heavy atom. The van der Waals surface area contributed by atoms with Crippen LogP contribution in [0.25, 0.3) is 5.82 Å². The number of rotatable bonds is 2. The van der Waals surface area contributed by atoms with Gasteiger partial charge in [0.05, 0.1) is 11.8 Å². The van der Waals surface area contributed by atoms with Crippen LogP contribution in [0.3, 0.4) is 0 Å². The number of aryl methyl sites for hydroxylation is 1. The monoisotopic (exact) mass is 244 g/mol. The molecule has 0 bridgehead atoms. The third-order valence-corrected chi connectivity index (χ3v) is 3.15. The lowest BCUT2D eigenvalue weighted by Gasteiger charge is -2.16. The standard InChI is InChI=1S/C12H12N4O2/c17-12(18)8-5-15-16(6-8)11-9-3-1-2-4-10(9)13-7-14-11/h5-7H,1-4H2,(H,17,18). The van der Waals surface area contributed by atoms with Gasteiger partial charge < -0.3 is 5.11 Å². The second kappa shape index (κ2) is 4.21. The summed E-state index contributed by atoms with van der Waals surface area (Å²) in [7, 11) is 0. The molecule has 0 aliphatic heterocycles. The number of fused-ring (bicyclic) bond motifs is 1. The number of carbonyl (C=O) groups is 1. The lowest BCUT2D eigenvalue weighted by atomic mass is 9.96. The van der Waals surface area contributed by atoms with Gasteiger partial charge in [-0.1, -0.05) is 0 Å². The molecule has 0 radical (unpaired) electrons. The van der Waals surface area contributed by atoms with Crippen LogP contribution in [0, 0.1) is 0 Å². The van der Waals surface area contributed by atoms with Gasteiger partial charge in [-0.15, -0.1) is 0 Å². The molecule has 0 aromatic carbocycles. The summed E-state index contributed by atoms with van der Waals surface area (Å²) >= 11 is 0. The van der Waals surface area contributed by atoms with Crippen molar-refractivity contribution in [3.63, 3.8) is 0 Å². The Morgan fingerprint density at radius 2 is 2.11 bits per heavy atom. The van der Waals surface area contributed by atoms with Gasteiger partial charge in [0.15, 0.2) is 5.82 Å². The first-order chi connectivity index (χ1) is 8.75. The van der Waals surface area contributed by atoms with Crippen LogP contribution in [-0.4, -0.2) is 30.8 Å². The van der Waals surface area contributed by atoms with Crippen molar-refractivity contribution in [1.29, 1.82) is 0 Å². The van der Waals surface area contributed by atoms with E-state index in [9.17, 15) is 4.79 Å². The highest BCUT2D eigenvalue weighted by Crippen LogP contribution is 2.23. The maximum atomic E-state index is 10.8. The average Bonchev–Trinajstić information content (AvgIpc) is 2.87. The largest absolute Gasteiger partial charge is 0.478 e. The Labute approximate surface area is 103 Å². The number of aromatic nitrogens is 4. The van der Waals surface area contributed by atoms with Crippen LogP contribution in [0.4, 0.5) is 0 Å². The number of carboxylic acid groups (broad SMARTS) is 1. The van der Waals surface area contributed by atoms with Crippen LogP contribution in [0.1, 0.15) is 34.5 Å². The van der Waals surface area contributed by atoms with Crippen molar-refractivity contribution >= 4 is 5.97 Å². The molecule has 18 heavy (non-hydrogen) atoms. The predicted molar refractivity (Wildman–Crippen MR) is 62.8 cm³/mol. The lowest BCUT2D eigenvalue weighted by molar-refractivity contribution is 0.0697. The molecule has 2 aromatic rings. The fraction of sp³-hybridized carbons (Fsp3) is 0.333. The van der Waals surface area contributed by atoms with Crippen LogP contribution in [-0.2, 0) is 12.8 Å². The molecule has 2 aromatic heterocycles. The van der Waals surface area contributed by atoms with E-state index in [-0.39, 0.29) is 5.56 Å². The summed E-state index contributed by atoms with van der Waals surface area (Å²) in [6.07, 6.45) is 8.47. The summed E-state index contributed by atoms with van der Waals surface area (Å²) in [5, 5.41) is 13.0. The first-order valence-electron chi connectivity index (χ1n) is 5.87. The summed E-state index contributed by atoms with van der Waals surface area (Å²) in [5.74, 6) is -0.281. The third kappa shape index (κ3) is 1.75. The number of carboxylic acids is 1. The maximum absolute atomic E-state index is 10.8. The molecule has 92 valence electrons. The fourth-order valence-electron chi connectivity index (χ4n) is 2.25. The SMILES string of the molecule is O=C(O)c1cnn(-c2ncnc3c2CCCC3)c1. The molecule has 1 N–H and O–H groups in total. The normalized spacial score (nSPS) is 14.2. The quantitative estimate of drug-likeness (QED) is 0.859. The number of hydrogen-bond acceptors (Lipinski definition) is 4. The van der Waals surface area contributed by atoms with Crippen LogP contribution in [0.5, 0.6) is 0 Å². The summed E-state index contributed by atoms with van der Waals surface area (Å²) in [6.45, 7) is 0. The van der Waals surface area contributed by atoms with E-state index in [1.54, 1.807) is 0 Å². The first kappa shape index (κ1) is 10.9. The Balaban J connectivity index is 2.08. The summed E-state index contributed by atoms with van der Waals surface area (Å²) in [6, 6.07) is 0. The third-order valence-electron chi connectivity index (χ3n) is 3.15. The molecule has 1 aliphatic rings. The van der Waals surface area contributed by atoms with E-state index in [1.165, 1.54) is 23.4 Å². The van der Waals surface area contributed by atoms with E-state index in [1.807, 2.05) is 0 Å². The van der Waals surface area contributed by atoms with Crippen LogP contribution in [0.15, 0.2) is 18.7 Å². The van der Waals surface area contributed by atoms with E-state index < -0.39 is 5.97 Å². The van der Waals surface area contributed by atoms with E-state index >= 15 is 0 Å². The minimum absolute atomic E-state index is 0.165. The maximum Gasteiger partial charge on any atom is 0.338 e. The van der Waals surface area contributed by atoms with Crippen molar-refractivity contribution in [1.82, 2.24) is 19.7 Å². The van der Waals surface area contributed by atoms with E-state index in [0.29, 0.717) is 5.82 Å². The molecular formula is C12H12N4O2. The highest BCUT2D eigenvalue weighted by atomic mass is 16.4. The zero-order valence-electron chi connectivity index (χ0n) is 9.70. The first-order valence-corrected chi connectivity index (χ1v) is 5.87. The van der Waals surface area contributed by atoms with Crippen LogP contribution < -0.4 is 0 Å². The molecule has 2 heterocycles. The van der Waals surface area contributed by atoms with Gasteiger partial charge in [0, 0.05) is 17.5 Å². The van der Waals surface area contributed by atoms with Crippen LogP contribution in [0.2, 0.25) is 0 Å². The molecule has 6 nitrogen and oxygen atoms in total. The predicted octanol–water partition coefficient (Wildman–Crippen LogP) is 1.24. The number of nitrogens with zero attached hydrogens (tertiary/aromatic N) is 4. The molecule has 0 atom stereocenters. The molecule has 0 saturated carbocycles. The second-order valence-corrected chi connectivity index (χ2v) is 4.31. The highest BCUT2D eigenvalue weighted by molar-refractivity contribution is 5.86. The minimum Gasteiger partial charge on any atom is -0.478 e. The Hall–Kier alpha value is -2.24. The number of aromatic carboxylic acids is 1. The summed E-state index contributed by atoms with van der Waals surface area (Å²) < 4.78 is 1.52. The molecular weight excluding hydrogens is 232 g/mol. The summed E-state index contributed by atoms with van der Waals surface area (Å²) in [4.78, 5) is 19.4. The van der Waals surface area contributed by atoms with Crippen molar-refractivity contribution in [2.45, 2.75) is 25.7 Å². The van der Waals surface area contributed by atoms with E-state index in [4.69, 9.17) is 5.11 Å². The molecule has 0 spiro atoms. The summed E-state index contributed by atoms with van der Waals surface area (Å²) in [5.41, 5.74) is 2.31. The van der Waals surface area contributed by atoms with E-state index in [0.717, 1.165) is 36.9 Å². The zero-order valence-corrected chi connectivity index (χ0v) is 9.70. The lowest BCUT2D eigenvalue weighted by Crippen LogP contribution is -2.12. The highest BCUT2D eigenvalue weighted by Gasteiger charge is 2.17. The molecule has 6 heteroatoms. The molecule has 0 fully saturated rings. The topological polar surface area (TPSA) is 80.9 Å². The van der Waals surface area contributed by atoms with Gasteiger partial charge >= 0.3 is 5.97 Å². The minimum atomic E-state index is -0.982.